The Hall–Kier alpha value is -1.79. The van der Waals surface area contributed by atoms with Crippen LogP contribution in [0.5, 0.6) is 0 Å². The van der Waals surface area contributed by atoms with E-state index < -0.39 is 0 Å². The first-order valence-electron chi connectivity index (χ1n) is 10.4. The van der Waals surface area contributed by atoms with Gasteiger partial charge in [-0.1, -0.05) is 20.3 Å². The normalized spacial score (nSPS) is 15.4. The molecule has 0 saturated carbocycles. The van der Waals surface area contributed by atoms with E-state index >= 15 is 0 Å². The molecule has 1 heterocycles. The predicted molar refractivity (Wildman–Crippen MR) is 111 cm³/mol. The number of nitrogens with zero attached hydrogens (tertiary/aromatic N) is 3. The minimum Gasteiger partial charge on any atom is -0.356 e. The molecule has 156 valence electrons. The summed E-state index contributed by atoms with van der Waals surface area (Å²) in [7, 11) is 1.77. The van der Waals surface area contributed by atoms with E-state index in [9.17, 15) is 9.59 Å². The van der Waals surface area contributed by atoms with Crippen LogP contribution in [0.25, 0.3) is 0 Å². The molecule has 1 aliphatic heterocycles. The van der Waals surface area contributed by atoms with Crippen LogP contribution in [-0.4, -0.2) is 73.4 Å². The second kappa shape index (κ2) is 12.6. The SMILES string of the molecule is CN=C(NCCCCCC(=O)N1CCN(C(=O)CC(C)C)CC1)NC(C)C. The van der Waals surface area contributed by atoms with Crippen LogP contribution in [0.3, 0.4) is 0 Å². The molecule has 1 rings (SSSR count). The third-order valence-corrected chi connectivity index (χ3v) is 4.58. The van der Waals surface area contributed by atoms with Crippen LogP contribution >= 0.6 is 0 Å². The van der Waals surface area contributed by atoms with Crippen LogP contribution in [0.15, 0.2) is 4.99 Å². The first-order chi connectivity index (χ1) is 12.8. The van der Waals surface area contributed by atoms with E-state index in [-0.39, 0.29) is 11.8 Å². The van der Waals surface area contributed by atoms with Gasteiger partial charge in [0, 0.05) is 58.7 Å². The highest BCUT2D eigenvalue weighted by atomic mass is 16.2. The van der Waals surface area contributed by atoms with Crippen LogP contribution in [0.2, 0.25) is 0 Å². The van der Waals surface area contributed by atoms with Crippen molar-refractivity contribution in [3.05, 3.63) is 0 Å². The summed E-state index contributed by atoms with van der Waals surface area (Å²) in [5, 5.41) is 6.54. The van der Waals surface area contributed by atoms with Crippen molar-refractivity contribution < 1.29 is 9.59 Å². The summed E-state index contributed by atoms with van der Waals surface area (Å²) in [6.07, 6.45) is 4.13. The third kappa shape index (κ3) is 9.63. The molecule has 0 bridgehead atoms. The summed E-state index contributed by atoms with van der Waals surface area (Å²) in [6, 6.07) is 0.356. The van der Waals surface area contributed by atoms with Gasteiger partial charge in [-0.2, -0.15) is 0 Å². The van der Waals surface area contributed by atoms with Gasteiger partial charge in [-0.15, -0.1) is 0 Å². The minimum atomic E-state index is 0.214. The Balaban J connectivity index is 2.13. The molecule has 0 aromatic rings. The zero-order valence-electron chi connectivity index (χ0n) is 17.9. The lowest BCUT2D eigenvalue weighted by molar-refractivity contribution is -0.140. The van der Waals surface area contributed by atoms with Crippen LogP contribution in [0.4, 0.5) is 0 Å². The van der Waals surface area contributed by atoms with Gasteiger partial charge in [0.05, 0.1) is 0 Å². The molecule has 1 aliphatic rings. The molecule has 7 heteroatoms. The molecular weight excluding hydrogens is 342 g/mol. The fourth-order valence-electron chi connectivity index (χ4n) is 3.09. The topological polar surface area (TPSA) is 77.0 Å². The van der Waals surface area contributed by atoms with E-state index in [1.165, 1.54) is 0 Å². The molecule has 0 spiro atoms. The summed E-state index contributed by atoms with van der Waals surface area (Å²) in [6.45, 7) is 11.8. The van der Waals surface area contributed by atoms with Crippen molar-refractivity contribution in [2.75, 3.05) is 39.8 Å². The lowest BCUT2D eigenvalue weighted by atomic mass is 10.1. The van der Waals surface area contributed by atoms with Crippen molar-refractivity contribution in [2.24, 2.45) is 10.9 Å². The van der Waals surface area contributed by atoms with Crippen LogP contribution in [0.1, 0.15) is 59.8 Å². The Bertz CT molecular complexity index is 483. The number of rotatable bonds is 9. The number of piperazine rings is 1. The molecule has 0 aliphatic carbocycles. The average molecular weight is 382 g/mol. The molecular formula is C20H39N5O2. The van der Waals surface area contributed by atoms with Crippen molar-refractivity contribution >= 4 is 17.8 Å². The van der Waals surface area contributed by atoms with Crippen molar-refractivity contribution in [1.29, 1.82) is 0 Å². The number of aliphatic imine (C=N–C) groups is 1. The van der Waals surface area contributed by atoms with Crippen LogP contribution in [-0.2, 0) is 9.59 Å². The number of hydrogen-bond donors (Lipinski definition) is 2. The zero-order chi connectivity index (χ0) is 20.2. The van der Waals surface area contributed by atoms with Crippen molar-refractivity contribution in [1.82, 2.24) is 20.4 Å². The minimum absolute atomic E-state index is 0.214. The van der Waals surface area contributed by atoms with Gasteiger partial charge >= 0.3 is 0 Å². The molecule has 2 amide bonds. The fourth-order valence-corrected chi connectivity index (χ4v) is 3.09. The highest BCUT2D eigenvalue weighted by Gasteiger charge is 2.23. The van der Waals surface area contributed by atoms with Crippen molar-refractivity contribution in [2.45, 2.75) is 65.8 Å². The van der Waals surface area contributed by atoms with Crippen molar-refractivity contribution in [3.63, 3.8) is 0 Å². The molecule has 0 unspecified atom stereocenters. The molecule has 7 nitrogen and oxygen atoms in total. The van der Waals surface area contributed by atoms with Crippen molar-refractivity contribution in [3.8, 4) is 0 Å². The van der Waals surface area contributed by atoms with Gasteiger partial charge < -0.3 is 20.4 Å². The quantitative estimate of drug-likeness (QED) is 0.363. The maximum absolute atomic E-state index is 12.3. The summed E-state index contributed by atoms with van der Waals surface area (Å²) in [4.78, 5) is 32.4. The van der Waals surface area contributed by atoms with E-state index in [2.05, 4.69) is 43.3 Å². The number of guanidine groups is 1. The summed E-state index contributed by atoms with van der Waals surface area (Å²) >= 11 is 0. The van der Waals surface area contributed by atoms with Gasteiger partial charge in [-0.05, 0) is 32.6 Å². The van der Waals surface area contributed by atoms with Gasteiger partial charge in [0.1, 0.15) is 0 Å². The van der Waals surface area contributed by atoms with Gasteiger partial charge in [0.15, 0.2) is 5.96 Å². The Morgan fingerprint density at radius 1 is 0.926 bits per heavy atom. The van der Waals surface area contributed by atoms with E-state index in [4.69, 9.17) is 0 Å². The second-order valence-corrected chi connectivity index (χ2v) is 7.97. The predicted octanol–water partition coefficient (Wildman–Crippen LogP) is 1.84. The van der Waals surface area contributed by atoms with Gasteiger partial charge in [-0.3, -0.25) is 14.6 Å². The van der Waals surface area contributed by atoms with E-state index in [0.717, 1.165) is 31.8 Å². The maximum atomic E-state index is 12.3. The standard InChI is InChI=1S/C20H39N5O2/c1-16(2)15-19(27)25-13-11-24(12-14-25)18(26)9-7-6-8-10-22-20(21-5)23-17(3)4/h16-17H,6-15H2,1-5H3,(H2,21,22,23). The molecule has 0 aromatic heterocycles. The van der Waals surface area contributed by atoms with Crippen LogP contribution < -0.4 is 10.6 Å². The molecule has 0 atom stereocenters. The summed E-state index contributed by atoms with van der Waals surface area (Å²) in [5.41, 5.74) is 0. The Kier molecular flexibility index (Phi) is 10.8. The number of hydrogen-bond acceptors (Lipinski definition) is 3. The highest BCUT2D eigenvalue weighted by molar-refractivity contribution is 5.80. The molecule has 27 heavy (non-hydrogen) atoms. The number of unbranched alkanes of at least 4 members (excludes halogenated alkanes) is 2. The molecule has 1 fully saturated rings. The fraction of sp³-hybridized carbons (Fsp3) is 0.850. The summed E-state index contributed by atoms with van der Waals surface area (Å²) in [5.74, 6) is 1.64. The molecule has 2 N–H and O–H groups in total. The number of amides is 2. The lowest BCUT2D eigenvalue weighted by Gasteiger charge is -2.35. The largest absolute Gasteiger partial charge is 0.356 e. The van der Waals surface area contributed by atoms with E-state index in [1.807, 2.05) is 9.80 Å². The Morgan fingerprint density at radius 2 is 1.52 bits per heavy atom. The molecule has 0 aromatic carbocycles. The monoisotopic (exact) mass is 381 g/mol. The second-order valence-electron chi connectivity index (χ2n) is 7.97. The first-order valence-corrected chi connectivity index (χ1v) is 10.4. The maximum Gasteiger partial charge on any atom is 0.222 e. The lowest BCUT2D eigenvalue weighted by Crippen LogP contribution is -2.50. The van der Waals surface area contributed by atoms with Crippen LogP contribution in [0, 0.1) is 5.92 Å². The van der Waals surface area contributed by atoms with Gasteiger partial charge in [0.2, 0.25) is 11.8 Å². The van der Waals surface area contributed by atoms with Gasteiger partial charge in [0.25, 0.3) is 0 Å². The van der Waals surface area contributed by atoms with E-state index in [1.54, 1.807) is 7.05 Å². The average Bonchev–Trinajstić information content (AvgIpc) is 2.62. The van der Waals surface area contributed by atoms with Gasteiger partial charge in [-0.25, -0.2) is 0 Å². The first kappa shape index (κ1) is 23.2. The van der Waals surface area contributed by atoms with E-state index in [0.29, 0.717) is 51.0 Å². The highest BCUT2D eigenvalue weighted by Crippen LogP contribution is 2.10. The number of carbonyl (C=O) groups is 2. The smallest absolute Gasteiger partial charge is 0.222 e. The Morgan fingerprint density at radius 3 is 2.04 bits per heavy atom. The number of nitrogens with one attached hydrogen (secondary N) is 2. The molecule has 0 radical (unpaired) electrons. The number of carbonyl (C=O) groups excluding carboxylic acids is 2. The Labute approximate surface area is 165 Å². The third-order valence-electron chi connectivity index (χ3n) is 4.58. The zero-order valence-corrected chi connectivity index (χ0v) is 17.9. The summed E-state index contributed by atoms with van der Waals surface area (Å²) < 4.78 is 0. The molecule has 1 saturated heterocycles.